The third kappa shape index (κ3) is 1.94. The number of rotatable bonds is 3. The highest BCUT2D eigenvalue weighted by Crippen LogP contribution is 2.16. The van der Waals surface area contributed by atoms with Gasteiger partial charge in [0.25, 0.3) is 0 Å². The fraction of sp³-hybridized carbons (Fsp3) is 0.429. The molecule has 0 atom stereocenters. The Morgan fingerprint density at radius 2 is 2.42 bits per heavy atom. The van der Waals surface area contributed by atoms with Crippen molar-refractivity contribution in [2.75, 3.05) is 5.32 Å². The van der Waals surface area contributed by atoms with Crippen LogP contribution in [0.3, 0.4) is 0 Å². The average molecular weight is 185 g/mol. The van der Waals surface area contributed by atoms with Crippen molar-refractivity contribution in [3.8, 4) is 0 Å². The molecule has 1 aromatic rings. The van der Waals surface area contributed by atoms with Crippen LogP contribution in [0.25, 0.3) is 0 Å². The van der Waals surface area contributed by atoms with Crippen LogP contribution in [0.1, 0.15) is 13.8 Å². The standard InChI is InChI=1S/C7H11N3OS/c1-7(2,5(8)11)10-6-9-3-4-12-6/h3-4H,1-2H3,(H2,8,11)(H,9,10). The van der Waals surface area contributed by atoms with Gasteiger partial charge in [-0.2, -0.15) is 0 Å². The Labute approximate surface area is 74.8 Å². The van der Waals surface area contributed by atoms with E-state index in [2.05, 4.69) is 10.3 Å². The summed E-state index contributed by atoms with van der Waals surface area (Å²) in [6.45, 7) is 3.44. The van der Waals surface area contributed by atoms with Crippen LogP contribution in [0.5, 0.6) is 0 Å². The molecular weight excluding hydrogens is 174 g/mol. The largest absolute Gasteiger partial charge is 0.368 e. The number of thiazole rings is 1. The summed E-state index contributed by atoms with van der Waals surface area (Å²) in [5, 5.41) is 5.47. The number of carbonyl (C=O) groups is 1. The molecule has 0 aromatic carbocycles. The number of anilines is 1. The van der Waals surface area contributed by atoms with Crippen LogP contribution in [-0.2, 0) is 4.79 Å². The first-order valence-electron chi connectivity index (χ1n) is 3.50. The van der Waals surface area contributed by atoms with Crippen molar-refractivity contribution in [1.29, 1.82) is 0 Å². The predicted octanol–water partition coefficient (Wildman–Crippen LogP) is 0.819. The number of nitrogens with two attached hydrogens (primary N) is 1. The molecule has 1 amide bonds. The lowest BCUT2D eigenvalue weighted by atomic mass is 10.1. The van der Waals surface area contributed by atoms with E-state index < -0.39 is 11.4 Å². The van der Waals surface area contributed by atoms with Gasteiger partial charge in [0.15, 0.2) is 5.13 Å². The molecule has 1 heterocycles. The molecule has 1 aromatic heterocycles. The SMILES string of the molecule is CC(C)(Nc1nccs1)C(N)=O. The van der Waals surface area contributed by atoms with Crippen molar-refractivity contribution in [1.82, 2.24) is 4.98 Å². The predicted molar refractivity (Wildman–Crippen MR) is 49.0 cm³/mol. The number of nitrogens with one attached hydrogen (secondary N) is 1. The second-order valence-electron chi connectivity index (χ2n) is 2.95. The van der Waals surface area contributed by atoms with E-state index in [-0.39, 0.29) is 0 Å². The molecule has 0 saturated carbocycles. The first-order valence-corrected chi connectivity index (χ1v) is 4.38. The highest BCUT2D eigenvalue weighted by atomic mass is 32.1. The summed E-state index contributed by atoms with van der Waals surface area (Å²) in [7, 11) is 0. The molecule has 0 aliphatic heterocycles. The zero-order chi connectivity index (χ0) is 9.19. The Kier molecular flexibility index (Phi) is 2.32. The van der Waals surface area contributed by atoms with Gasteiger partial charge in [-0.05, 0) is 13.8 Å². The van der Waals surface area contributed by atoms with Gasteiger partial charge in [0.2, 0.25) is 5.91 Å². The van der Waals surface area contributed by atoms with Gasteiger partial charge in [-0.3, -0.25) is 4.79 Å². The molecule has 66 valence electrons. The molecule has 4 nitrogen and oxygen atoms in total. The van der Waals surface area contributed by atoms with Crippen LogP contribution in [-0.4, -0.2) is 16.4 Å². The molecule has 0 radical (unpaired) electrons. The lowest BCUT2D eigenvalue weighted by molar-refractivity contribution is -0.121. The van der Waals surface area contributed by atoms with Gasteiger partial charge in [0.1, 0.15) is 5.54 Å². The minimum atomic E-state index is -0.738. The topological polar surface area (TPSA) is 68.0 Å². The zero-order valence-corrected chi connectivity index (χ0v) is 7.81. The first kappa shape index (κ1) is 8.99. The van der Waals surface area contributed by atoms with Crippen LogP contribution in [0.15, 0.2) is 11.6 Å². The van der Waals surface area contributed by atoms with E-state index >= 15 is 0 Å². The van der Waals surface area contributed by atoms with Gasteiger partial charge in [-0.25, -0.2) is 4.98 Å². The molecule has 0 fully saturated rings. The van der Waals surface area contributed by atoms with Gasteiger partial charge in [0, 0.05) is 11.6 Å². The monoisotopic (exact) mass is 185 g/mol. The fourth-order valence-electron chi connectivity index (χ4n) is 0.614. The van der Waals surface area contributed by atoms with Crippen molar-refractivity contribution in [3.63, 3.8) is 0 Å². The molecule has 5 heteroatoms. The number of nitrogens with zero attached hydrogens (tertiary/aromatic N) is 1. The lowest BCUT2D eigenvalue weighted by Gasteiger charge is -2.21. The molecule has 0 aliphatic carbocycles. The summed E-state index contributed by atoms with van der Waals surface area (Å²) in [4.78, 5) is 14.9. The Hall–Kier alpha value is -1.10. The normalized spacial score (nSPS) is 11.2. The van der Waals surface area contributed by atoms with E-state index in [1.807, 2.05) is 5.38 Å². The van der Waals surface area contributed by atoms with Crippen LogP contribution >= 0.6 is 11.3 Å². The third-order valence-electron chi connectivity index (χ3n) is 1.47. The average Bonchev–Trinajstić information content (AvgIpc) is 2.38. The van der Waals surface area contributed by atoms with Gasteiger partial charge in [-0.1, -0.05) is 0 Å². The van der Waals surface area contributed by atoms with E-state index in [4.69, 9.17) is 5.73 Å². The van der Waals surface area contributed by atoms with Gasteiger partial charge >= 0.3 is 0 Å². The van der Waals surface area contributed by atoms with Crippen molar-refractivity contribution in [2.24, 2.45) is 5.73 Å². The molecule has 0 aliphatic rings. The molecule has 0 unspecified atom stereocenters. The summed E-state index contributed by atoms with van der Waals surface area (Å²) < 4.78 is 0. The smallest absolute Gasteiger partial charge is 0.242 e. The maximum atomic E-state index is 10.9. The molecule has 0 spiro atoms. The fourth-order valence-corrected chi connectivity index (χ4v) is 1.30. The van der Waals surface area contributed by atoms with Gasteiger partial charge < -0.3 is 11.1 Å². The molecular formula is C7H11N3OS. The molecule has 0 saturated heterocycles. The first-order chi connectivity index (χ1) is 5.52. The maximum Gasteiger partial charge on any atom is 0.242 e. The Morgan fingerprint density at radius 1 is 1.75 bits per heavy atom. The summed E-state index contributed by atoms with van der Waals surface area (Å²) >= 11 is 1.44. The lowest BCUT2D eigenvalue weighted by Crippen LogP contribution is -2.44. The number of aromatic nitrogens is 1. The minimum Gasteiger partial charge on any atom is -0.368 e. The van der Waals surface area contributed by atoms with Crippen LogP contribution in [0, 0.1) is 0 Å². The molecule has 3 N–H and O–H groups in total. The highest BCUT2D eigenvalue weighted by Gasteiger charge is 2.24. The van der Waals surface area contributed by atoms with E-state index in [1.54, 1.807) is 20.0 Å². The second-order valence-corrected chi connectivity index (χ2v) is 3.85. The molecule has 0 bridgehead atoms. The van der Waals surface area contributed by atoms with Crippen LogP contribution in [0.4, 0.5) is 5.13 Å². The summed E-state index contributed by atoms with van der Waals surface area (Å²) in [5.74, 6) is -0.391. The van der Waals surface area contributed by atoms with E-state index in [0.717, 1.165) is 0 Å². The quantitative estimate of drug-likeness (QED) is 0.732. The Bertz CT molecular complexity index is 268. The van der Waals surface area contributed by atoms with E-state index in [0.29, 0.717) is 5.13 Å². The van der Waals surface area contributed by atoms with Crippen molar-refractivity contribution in [3.05, 3.63) is 11.6 Å². The van der Waals surface area contributed by atoms with Gasteiger partial charge in [-0.15, -0.1) is 11.3 Å². The zero-order valence-electron chi connectivity index (χ0n) is 7.00. The van der Waals surface area contributed by atoms with E-state index in [9.17, 15) is 4.79 Å². The van der Waals surface area contributed by atoms with Crippen LogP contribution < -0.4 is 11.1 Å². The van der Waals surface area contributed by atoms with Gasteiger partial charge in [0.05, 0.1) is 0 Å². The number of amides is 1. The van der Waals surface area contributed by atoms with E-state index in [1.165, 1.54) is 11.3 Å². The number of carbonyl (C=O) groups excluding carboxylic acids is 1. The second kappa shape index (κ2) is 3.10. The van der Waals surface area contributed by atoms with Crippen LogP contribution in [0.2, 0.25) is 0 Å². The highest BCUT2D eigenvalue weighted by molar-refractivity contribution is 7.13. The third-order valence-corrected chi connectivity index (χ3v) is 2.16. The minimum absolute atomic E-state index is 0.391. The van der Waals surface area contributed by atoms with Crippen molar-refractivity contribution < 1.29 is 4.79 Å². The summed E-state index contributed by atoms with van der Waals surface area (Å²) in [6, 6.07) is 0. The summed E-state index contributed by atoms with van der Waals surface area (Å²) in [6.07, 6.45) is 1.67. The Morgan fingerprint density at radius 3 is 2.83 bits per heavy atom. The molecule has 12 heavy (non-hydrogen) atoms. The Balaban J connectivity index is 2.69. The van der Waals surface area contributed by atoms with Crippen molar-refractivity contribution in [2.45, 2.75) is 19.4 Å². The van der Waals surface area contributed by atoms with Crippen molar-refractivity contribution >= 4 is 22.4 Å². The number of hydrogen-bond acceptors (Lipinski definition) is 4. The summed E-state index contributed by atoms with van der Waals surface area (Å²) in [5.41, 5.74) is 4.42. The maximum absolute atomic E-state index is 10.9. The molecule has 1 rings (SSSR count). The number of primary amides is 1. The number of hydrogen-bond donors (Lipinski definition) is 2.